The number of aromatic nitrogens is 3. The summed E-state index contributed by atoms with van der Waals surface area (Å²) in [6, 6.07) is 0. The zero-order valence-electron chi connectivity index (χ0n) is 7.80. The molecule has 12 heavy (non-hydrogen) atoms. The number of aromatic amines is 2. The summed E-state index contributed by atoms with van der Waals surface area (Å²) in [5, 5.41) is 6.22. The van der Waals surface area contributed by atoms with Crippen LogP contribution in [-0.4, -0.2) is 34.2 Å². The standard InChI is InChI=1S/C7H14N4O/c1-7(2,11(3)4)5-8-6(12)10-9-5/h1-4H3,(H2,8,9,10,12). The smallest absolute Gasteiger partial charge is 0.298 e. The van der Waals surface area contributed by atoms with E-state index in [0.717, 1.165) is 0 Å². The van der Waals surface area contributed by atoms with Crippen LogP contribution in [0, 0.1) is 0 Å². The second-order valence-corrected chi connectivity index (χ2v) is 3.48. The summed E-state index contributed by atoms with van der Waals surface area (Å²) in [7, 11) is 3.87. The van der Waals surface area contributed by atoms with E-state index in [-0.39, 0.29) is 11.2 Å². The third kappa shape index (κ3) is 1.40. The fourth-order valence-corrected chi connectivity index (χ4v) is 0.772. The normalized spacial score (nSPS) is 12.4. The first-order valence-corrected chi connectivity index (χ1v) is 3.77. The molecular weight excluding hydrogens is 156 g/mol. The highest BCUT2D eigenvalue weighted by Crippen LogP contribution is 2.19. The summed E-state index contributed by atoms with van der Waals surface area (Å²) >= 11 is 0. The molecule has 0 atom stereocenters. The van der Waals surface area contributed by atoms with Crippen molar-refractivity contribution in [3.05, 3.63) is 16.3 Å². The Balaban J connectivity index is 3.05. The molecule has 0 unspecified atom stereocenters. The Morgan fingerprint density at radius 2 is 2.00 bits per heavy atom. The minimum atomic E-state index is -0.264. The highest BCUT2D eigenvalue weighted by Gasteiger charge is 2.26. The fourth-order valence-electron chi connectivity index (χ4n) is 0.772. The van der Waals surface area contributed by atoms with Gasteiger partial charge in [-0.3, -0.25) is 9.88 Å². The van der Waals surface area contributed by atoms with E-state index < -0.39 is 0 Å². The molecule has 0 amide bonds. The van der Waals surface area contributed by atoms with Gasteiger partial charge in [0.1, 0.15) is 0 Å². The van der Waals surface area contributed by atoms with E-state index in [1.165, 1.54) is 0 Å². The van der Waals surface area contributed by atoms with Crippen molar-refractivity contribution in [1.29, 1.82) is 0 Å². The van der Waals surface area contributed by atoms with Crippen molar-refractivity contribution in [3.63, 3.8) is 0 Å². The Labute approximate surface area is 70.8 Å². The molecule has 1 aromatic rings. The average Bonchev–Trinajstić information content (AvgIpc) is 2.35. The third-order valence-corrected chi connectivity index (χ3v) is 2.20. The van der Waals surface area contributed by atoms with Gasteiger partial charge in [0.15, 0.2) is 5.82 Å². The van der Waals surface area contributed by atoms with Crippen molar-refractivity contribution in [2.75, 3.05) is 14.1 Å². The first kappa shape index (κ1) is 8.99. The molecule has 2 N–H and O–H groups in total. The molecule has 1 heterocycles. The second-order valence-electron chi connectivity index (χ2n) is 3.48. The molecular formula is C7H14N4O. The van der Waals surface area contributed by atoms with Gasteiger partial charge in [-0.1, -0.05) is 0 Å². The van der Waals surface area contributed by atoms with Gasteiger partial charge in [-0.15, -0.1) is 0 Å². The zero-order chi connectivity index (χ0) is 9.35. The average molecular weight is 170 g/mol. The predicted octanol–water partition coefficient (Wildman–Crippen LogP) is -0.105. The van der Waals surface area contributed by atoms with Crippen LogP contribution >= 0.6 is 0 Å². The van der Waals surface area contributed by atoms with Crippen LogP contribution in [-0.2, 0) is 5.54 Å². The monoisotopic (exact) mass is 170 g/mol. The van der Waals surface area contributed by atoms with E-state index in [4.69, 9.17) is 0 Å². The Morgan fingerprint density at radius 3 is 2.33 bits per heavy atom. The largest absolute Gasteiger partial charge is 0.340 e. The summed E-state index contributed by atoms with van der Waals surface area (Å²) < 4.78 is 0. The second kappa shape index (κ2) is 2.75. The maximum atomic E-state index is 10.8. The molecule has 0 fully saturated rings. The Bertz CT molecular complexity index is 309. The Kier molecular flexibility index (Phi) is 2.06. The summed E-state index contributed by atoms with van der Waals surface area (Å²) in [4.78, 5) is 15.4. The summed E-state index contributed by atoms with van der Waals surface area (Å²) in [6.45, 7) is 3.97. The van der Waals surface area contributed by atoms with Crippen molar-refractivity contribution in [2.24, 2.45) is 0 Å². The highest BCUT2D eigenvalue weighted by molar-refractivity contribution is 4.98. The highest BCUT2D eigenvalue weighted by atomic mass is 16.1. The lowest BCUT2D eigenvalue weighted by Gasteiger charge is -2.29. The molecule has 1 aromatic heterocycles. The Morgan fingerprint density at radius 1 is 1.42 bits per heavy atom. The van der Waals surface area contributed by atoms with Gasteiger partial charge < -0.3 is 0 Å². The van der Waals surface area contributed by atoms with Crippen molar-refractivity contribution >= 4 is 0 Å². The number of H-pyrrole nitrogens is 2. The molecule has 0 aliphatic carbocycles. The molecule has 0 spiro atoms. The van der Waals surface area contributed by atoms with Crippen LogP contribution in [0.25, 0.3) is 0 Å². The Hall–Kier alpha value is -1.10. The molecule has 0 saturated heterocycles. The molecule has 0 aliphatic rings. The van der Waals surface area contributed by atoms with Gasteiger partial charge in [0.05, 0.1) is 5.54 Å². The van der Waals surface area contributed by atoms with Gasteiger partial charge in [-0.05, 0) is 27.9 Å². The van der Waals surface area contributed by atoms with Gasteiger partial charge >= 0.3 is 5.69 Å². The van der Waals surface area contributed by atoms with Crippen LogP contribution in [0.5, 0.6) is 0 Å². The van der Waals surface area contributed by atoms with Crippen LogP contribution in [0.15, 0.2) is 4.79 Å². The fraction of sp³-hybridized carbons (Fsp3) is 0.714. The molecule has 0 bridgehead atoms. The topological polar surface area (TPSA) is 64.8 Å². The van der Waals surface area contributed by atoms with E-state index in [1.807, 2.05) is 32.8 Å². The maximum absolute atomic E-state index is 10.8. The van der Waals surface area contributed by atoms with Crippen LogP contribution in [0.1, 0.15) is 19.7 Å². The lowest BCUT2D eigenvalue weighted by atomic mass is 10.0. The van der Waals surface area contributed by atoms with Crippen molar-refractivity contribution in [3.8, 4) is 0 Å². The summed E-state index contributed by atoms with van der Waals surface area (Å²) in [5.74, 6) is 0.650. The lowest BCUT2D eigenvalue weighted by molar-refractivity contribution is 0.186. The molecule has 68 valence electrons. The molecule has 0 aromatic carbocycles. The van der Waals surface area contributed by atoms with E-state index in [9.17, 15) is 4.79 Å². The number of nitrogens with one attached hydrogen (secondary N) is 2. The predicted molar refractivity (Wildman–Crippen MR) is 45.9 cm³/mol. The lowest BCUT2D eigenvalue weighted by Crippen LogP contribution is -2.36. The van der Waals surface area contributed by atoms with Crippen LogP contribution < -0.4 is 5.69 Å². The van der Waals surface area contributed by atoms with Crippen LogP contribution in [0.3, 0.4) is 0 Å². The van der Waals surface area contributed by atoms with Crippen LogP contribution in [0.2, 0.25) is 0 Å². The van der Waals surface area contributed by atoms with Gasteiger partial charge in [0, 0.05) is 0 Å². The number of nitrogens with zero attached hydrogens (tertiary/aromatic N) is 2. The summed E-state index contributed by atoms with van der Waals surface area (Å²) in [5.41, 5.74) is -0.515. The number of rotatable bonds is 2. The van der Waals surface area contributed by atoms with E-state index >= 15 is 0 Å². The van der Waals surface area contributed by atoms with Gasteiger partial charge in [0.25, 0.3) is 0 Å². The summed E-state index contributed by atoms with van der Waals surface area (Å²) in [6.07, 6.45) is 0. The van der Waals surface area contributed by atoms with E-state index in [1.54, 1.807) is 0 Å². The number of hydrogen-bond acceptors (Lipinski definition) is 3. The molecule has 0 radical (unpaired) electrons. The molecule has 1 rings (SSSR count). The SMILES string of the molecule is CN(C)C(C)(C)c1n[nH]c(=O)[nH]1. The minimum absolute atomic E-state index is 0.251. The first-order valence-electron chi connectivity index (χ1n) is 3.77. The van der Waals surface area contributed by atoms with E-state index in [2.05, 4.69) is 15.2 Å². The minimum Gasteiger partial charge on any atom is -0.298 e. The third-order valence-electron chi connectivity index (χ3n) is 2.20. The van der Waals surface area contributed by atoms with Crippen molar-refractivity contribution < 1.29 is 0 Å². The van der Waals surface area contributed by atoms with Gasteiger partial charge in [-0.25, -0.2) is 9.89 Å². The van der Waals surface area contributed by atoms with Crippen LogP contribution in [0.4, 0.5) is 0 Å². The first-order chi connectivity index (χ1) is 5.44. The molecule has 0 aliphatic heterocycles. The molecule has 0 saturated carbocycles. The van der Waals surface area contributed by atoms with Crippen molar-refractivity contribution in [2.45, 2.75) is 19.4 Å². The zero-order valence-corrected chi connectivity index (χ0v) is 7.80. The number of hydrogen-bond donors (Lipinski definition) is 2. The van der Waals surface area contributed by atoms with Gasteiger partial charge in [0.2, 0.25) is 0 Å². The van der Waals surface area contributed by atoms with E-state index in [0.29, 0.717) is 5.82 Å². The molecule has 5 heteroatoms. The quantitative estimate of drug-likeness (QED) is 0.651. The van der Waals surface area contributed by atoms with Crippen molar-refractivity contribution in [1.82, 2.24) is 20.1 Å². The maximum Gasteiger partial charge on any atom is 0.340 e. The van der Waals surface area contributed by atoms with Gasteiger partial charge in [-0.2, -0.15) is 5.10 Å². The molecule has 5 nitrogen and oxygen atoms in total.